The molecule has 0 saturated carbocycles. The van der Waals surface area contributed by atoms with Gasteiger partial charge in [0, 0.05) is 4.47 Å². The molecule has 0 bridgehead atoms. The number of halogens is 1. The SMILES string of the molecule is CC(C)[Si](Oc1cc(Br)c2ccccc2c1)(C(C)C)C(C)C. The lowest BCUT2D eigenvalue weighted by molar-refractivity contribution is 0.480. The van der Waals surface area contributed by atoms with Gasteiger partial charge >= 0.3 is 0 Å². The van der Waals surface area contributed by atoms with Crippen LogP contribution in [0.2, 0.25) is 16.6 Å². The molecule has 0 aromatic heterocycles. The Labute approximate surface area is 144 Å². The summed E-state index contributed by atoms with van der Waals surface area (Å²) in [5.74, 6) is 1.01. The summed E-state index contributed by atoms with van der Waals surface area (Å²) < 4.78 is 7.90. The van der Waals surface area contributed by atoms with Crippen molar-refractivity contribution in [3.05, 3.63) is 40.9 Å². The summed E-state index contributed by atoms with van der Waals surface area (Å²) in [4.78, 5) is 0. The van der Waals surface area contributed by atoms with Crippen LogP contribution in [0.3, 0.4) is 0 Å². The third-order valence-corrected chi connectivity index (χ3v) is 11.4. The van der Waals surface area contributed by atoms with Crippen LogP contribution in [0.1, 0.15) is 41.5 Å². The Morgan fingerprint density at radius 2 is 1.41 bits per heavy atom. The molecule has 0 N–H and O–H groups in total. The standard InChI is InChI=1S/C19H27BrOSi/c1-13(2)22(14(3)4,15(5)6)21-17-11-16-9-7-8-10-18(16)19(20)12-17/h7-15H,1-6H3. The van der Waals surface area contributed by atoms with Crippen molar-refractivity contribution < 1.29 is 4.43 Å². The Morgan fingerprint density at radius 3 is 1.95 bits per heavy atom. The van der Waals surface area contributed by atoms with Gasteiger partial charge in [-0.05, 0) is 39.5 Å². The largest absolute Gasteiger partial charge is 0.543 e. The molecule has 22 heavy (non-hydrogen) atoms. The second kappa shape index (κ2) is 6.75. The molecule has 0 aliphatic carbocycles. The number of benzene rings is 2. The third-order valence-electron chi connectivity index (χ3n) is 4.79. The van der Waals surface area contributed by atoms with E-state index in [1.807, 2.05) is 0 Å². The van der Waals surface area contributed by atoms with Crippen LogP contribution in [0.5, 0.6) is 5.75 Å². The maximum Gasteiger partial charge on any atom is 0.258 e. The number of rotatable bonds is 5. The summed E-state index contributed by atoms with van der Waals surface area (Å²) in [5, 5.41) is 2.46. The Kier molecular flexibility index (Phi) is 5.39. The van der Waals surface area contributed by atoms with Gasteiger partial charge in [0.15, 0.2) is 0 Å². The lowest BCUT2D eigenvalue weighted by atomic mass is 10.1. The zero-order valence-electron chi connectivity index (χ0n) is 14.5. The summed E-state index contributed by atoms with van der Waals surface area (Å²) in [6.07, 6.45) is 0. The number of hydrogen-bond donors (Lipinski definition) is 0. The summed E-state index contributed by atoms with van der Waals surface area (Å²) >= 11 is 3.70. The fraction of sp³-hybridized carbons (Fsp3) is 0.474. The van der Waals surface area contributed by atoms with Crippen LogP contribution in [-0.2, 0) is 0 Å². The van der Waals surface area contributed by atoms with Gasteiger partial charge in [0.05, 0.1) is 0 Å². The maximum absolute atomic E-state index is 6.78. The maximum atomic E-state index is 6.78. The molecule has 1 nitrogen and oxygen atoms in total. The van der Waals surface area contributed by atoms with Gasteiger partial charge in [-0.3, -0.25) is 0 Å². The van der Waals surface area contributed by atoms with E-state index in [4.69, 9.17) is 4.43 Å². The van der Waals surface area contributed by atoms with Crippen molar-refractivity contribution in [3.8, 4) is 5.75 Å². The molecule has 0 heterocycles. The average Bonchev–Trinajstić information content (AvgIpc) is 2.43. The smallest absolute Gasteiger partial charge is 0.258 e. The van der Waals surface area contributed by atoms with E-state index >= 15 is 0 Å². The van der Waals surface area contributed by atoms with Crippen LogP contribution >= 0.6 is 15.9 Å². The minimum Gasteiger partial charge on any atom is -0.543 e. The van der Waals surface area contributed by atoms with Gasteiger partial charge in [0.25, 0.3) is 8.32 Å². The summed E-state index contributed by atoms with van der Waals surface area (Å²) in [5.41, 5.74) is 1.74. The molecule has 0 amide bonds. The fourth-order valence-electron chi connectivity index (χ4n) is 3.85. The lowest BCUT2D eigenvalue weighted by Gasteiger charge is -2.42. The normalized spacial score (nSPS) is 12.6. The Morgan fingerprint density at radius 1 is 0.864 bits per heavy atom. The van der Waals surface area contributed by atoms with Crippen LogP contribution in [0, 0.1) is 0 Å². The van der Waals surface area contributed by atoms with E-state index in [1.54, 1.807) is 0 Å². The van der Waals surface area contributed by atoms with Crippen molar-refractivity contribution in [1.29, 1.82) is 0 Å². The van der Waals surface area contributed by atoms with Crippen molar-refractivity contribution in [2.75, 3.05) is 0 Å². The van der Waals surface area contributed by atoms with E-state index in [9.17, 15) is 0 Å². The zero-order valence-corrected chi connectivity index (χ0v) is 17.1. The van der Waals surface area contributed by atoms with E-state index in [0.29, 0.717) is 16.6 Å². The zero-order chi connectivity index (χ0) is 16.5. The van der Waals surface area contributed by atoms with Crippen LogP contribution in [0.15, 0.2) is 40.9 Å². The lowest BCUT2D eigenvalue weighted by Crippen LogP contribution is -2.50. The fourth-order valence-corrected chi connectivity index (χ4v) is 9.67. The van der Waals surface area contributed by atoms with E-state index in [-0.39, 0.29) is 0 Å². The molecular formula is C19H27BrOSi. The van der Waals surface area contributed by atoms with Crippen molar-refractivity contribution in [2.24, 2.45) is 0 Å². The van der Waals surface area contributed by atoms with Gasteiger partial charge in [0.2, 0.25) is 0 Å². The minimum absolute atomic E-state index is 0.581. The van der Waals surface area contributed by atoms with Gasteiger partial charge in [-0.25, -0.2) is 0 Å². The topological polar surface area (TPSA) is 9.23 Å². The van der Waals surface area contributed by atoms with E-state index in [0.717, 1.165) is 10.2 Å². The van der Waals surface area contributed by atoms with Crippen LogP contribution in [0.4, 0.5) is 0 Å². The van der Waals surface area contributed by atoms with E-state index in [2.05, 4.69) is 93.9 Å². The summed E-state index contributed by atoms with van der Waals surface area (Å²) in [7, 11) is -1.90. The van der Waals surface area contributed by atoms with Gasteiger partial charge < -0.3 is 4.43 Å². The van der Waals surface area contributed by atoms with Crippen molar-refractivity contribution in [2.45, 2.75) is 58.2 Å². The first-order chi connectivity index (χ1) is 10.3. The average molecular weight is 379 g/mol. The summed E-state index contributed by atoms with van der Waals surface area (Å²) in [6, 6.07) is 12.8. The Bertz CT molecular complexity index is 627. The van der Waals surface area contributed by atoms with Gasteiger partial charge in [-0.15, -0.1) is 0 Å². The highest BCUT2D eigenvalue weighted by Crippen LogP contribution is 2.43. The quantitative estimate of drug-likeness (QED) is 0.501. The van der Waals surface area contributed by atoms with E-state index < -0.39 is 8.32 Å². The van der Waals surface area contributed by atoms with Crippen LogP contribution in [-0.4, -0.2) is 8.32 Å². The molecule has 0 fully saturated rings. The molecule has 0 saturated heterocycles. The molecule has 0 spiro atoms. The molecule has 0 aliphatic heterocycles. The van der Waals surface area contributed by atoms with Gasteiger partial charge in [-0.1, -0.05) is 81.7 Å². The molecule has 2 aromatic carbocycles. The second-order valence-electron chi connectivity index (χ2n) is 7.05. The number of hydrogen-bond acceptors (Lipinski definition) is 1. The molecule has 0 aliphatic rings. The molecule has 0 radical (unpaired) electrons. The van der Waals surface area contributed by atoms with Crippen molar-refractivity contribution >= 4 is 35.0 Å². The first-order valence-electron chi connectivity index (χ1n) is 8.16. The number of fused-ring (bicyclic) bond motifs is 1. The highest BCUT2D eigenvalue weighted by Gasteiger charge is 2.47. The Hall–Kier alpha value is -0.803. The summed E-state index contributed by atoms with van der Waals surface area (Å²) in [6.45, 7) is 13.9. The highest BCUT2D eigenvalue weighted by molar-refractivity contribution is 9.10. The molecule has 2 aromatic rings. The molecule has 0 atom stereocenters. The monoisotopic (exact) mass is 378 g/mol. The van der Waals surface area contributed by atoms with Gasteiger partial charge in [-0.2, -0.15) is 0 Å². The molecular weight excluding hydrogens is 352 g/mol. The van der Waals surface area contributed by atoms with Gasteiger partial charge in [0.1, 0.15) is 5.75 Å². The predicted molar refractivity (Wildman–Crippen MR) is 103 cm³/mol. The predicted octanol–water partition coefficient (Wildman–Crippen LogP) is 7.16. The first kappa shape index (κ1) is 17.5. The molecule has 3 heteroatoms. The first-order valence-corrected chi connectivity index (χ1v) is 11.1. The molecule has 0 unspecified atom stereocenters. The van der Waals surface area contributed by atoms with Crippen LogP contribution in [0.25, 0.3) is 10.8 Å². The highest BCUT2D eigenvalue weighted by atomic mass is 79.9. The van der Waals surface area contributed by atoms with Crippen molar-refractivity contribution in [3.63, 3.8) is 0 Å². The van der Waals surface area contributed by atoms with E-state index in [1.165, 1.54) is 10.8 Å². The Balaban J connectivity index is 2.51. The second-order valence-corrected chi connectivity index (χ2v) is 13.3. The third kappa shape index (κ3) is 3.11. The molecule has 2 rings (SSSR count). The van der Waals surface area contributed by atoms with Crippen LogP contribution < -0.4 is 4.43 Å². The minimum atomic E-state index is -1.90. The molecule has 120 valence electrons. The van der Waals surface area contributed by atoms with Crippen molar-refractivity contribution in [1.82, 2.24) is 0 Å².